The van der Waals surface area contributed by atoms with Crippen LogP contribution >= 0.6 is 11.3 Å². The van der Waals surface area contributed by atoms with Gasteiger partial charge in [-0.3, -0.25) is 14.3 Å². The maximum absolute atomic E-state index is 12.1. The van der Waals surface area contributed by atoms with E-state index in [1.54, 1.807) is 11.6 Å². The Hall–Kier alpha value is -1.89. The molecule has 0 aromatic carbocycles. The molecule has 1 atom stereocenters. The van der Waals surface area contributed by atoms with Crippen molar-refractivity contribution in [3.8, 4) is 0 Å². The summed E-state index contributed by atoms with van der Waals surface area (Å²) in [4.78, 5) is 24.9. The minimum absolute atomic E-state index is 0.160. The van der Waals surface area contributed by atoms with E-state index in [1.807, 2.05) is 20.0 Å². The molecule has 2 aromatic rings. The Morgan fingerprint density at radius 1 is 1.55 bits per heavy atom. The molecule has 0 saturated heterocycles. The van der Waals surface area contributed by atoms with Crippen molar-refractivity contribution < 1.29 is 14.3 Å². The second-order valence-corrected chi connectivity index (χ2v) is 5.72. The molecule has 0 spiro atoms. The first-order valence-electron chi connectivity index (χ1n) is 6.23. The standard InChI is InChI=1S/C13H17N3O3S/c1-7(5-11(17)19-4)14-12(18)10-6-9-8(2)15-16(3)13(9)20-10/h6-7H,5H2,1-4H3,(H,14,18). The molecule has 0 aliphatic rings. The number of hydrogen-bond donors (Lipinski definition) is 1. The highest BCUT2D eigenvalue weighted by atomic mass is 32.1. The number of amides is 1. The van der Waals surface area contributed by atoms with E-state index < -0.39 is 0 Å². The van der Waals surface area contributed by atoms with Crippen molar-refractivity contribution in [1.82, 2.24) is 15.1 Å². The third kappa shape index (κ3) is 2.82. The lowest BCUT2D eigenvalue weighted by atomic mass is 10.2. The Labute approximate surface area is 120 Å². The maximum atomic E-state index is 12.1. The topological polar surface area (TPSA) is 73.2 Å². The summed E-state index contributed by atoms with van der Waals surface area (Å²) in [6, 6.07) is 1.57. The van der Waals surface area contributed by atoms with Gasteiger partial charge >= 0.3 is 5.97 Å². The first-order chi connectivity index (χ1) is 9.42. The fourth-order valence-corrected chi connectivity index (χ4v) is 3.02. The van der Waals surface area contributed by atoms with Crippen LogP contribution in [0.3, 0.4) is 0 Å². The summed E-state index contributed by atoms with van der Waals surface area (Å²) in [5.74, 6) is -0.517. The Morgan fingerprint density at radius 3 is 2.85 bits per heavy atom. The third-order valence-electron chi connectivity index (χ3n) is 3.00. The Kier molecular flexibility index (Phi) is 4.08. The van der Waals surface area contributed by atoms with Gasteiger partial charge in [0.1, 0.15) is 4.83 Å². The van der Waals surface area contributed by atoms with Gasteiger partial charge in [-0.05, 0) is 19.9 Å². The van der Waals surface area contributed by atoms with Crippen LogP contribution < -0.4 is 5.32 Å². The molecule has 1 unspecified atom stereocenters. The molecule has 20 heavy (non-hydrogen) atoms. The molecule has 0 fully saturated rings. The molecule has 0 radical (unpaired) electrons. The summed E-state index contributed by atoms with van der Waals surface area (Å²) < 4.78 is 6.34. The van der Waals surface area contributed by atoms with Crippen molar-refractivity contribution in [1.29, 1.82) is 0 Å². The molecular weight excluding hydrogens is 278 g/mol. The fraction of sp³-hybridized carbons (Fsp3) is 0.462. The number of rotatable bonds is 4. The number of fused-ring (bicyclic) bond motifs is 1. The predicted octanol–water partition coefficient (Wildman–Crippen LogP) is 1.62. The van der Waals surface area contributed by atoms with Gasteiger partial charge in [-0.15, -0.1) is 11.3 Å². The molecule has 7 heteroatoms. The predicted molar refractivity (Wildman–Crippen MR) is 76.9 cm³/mol. The van der Waals surface area contributed by atoms with Gasteiger partial charge in [0.25, 0.3) is 5.91 Å². The van der Waals surface area contributed by atoms with Crippen molar-refractivity contribution in [3.05, 3.63) is 16.6 Å². The van der Waals surface area contributed by atoms with E-state index in [2.05, 4.69) is 15.2 Å². The van der Waals surface area contributed by atoms with Crippen molar-refractivity contribution in [2.45, 2.75) is 26.3 Å². The van der Waals surface area contributed by atoms with E-state index in [9.17, 15) is 9.59 Å². The lowest BCUT2D eigenvalue weighted by Crippen LogP contribution is -2.34. The highest BCUT2D eigenvalue weighted by Gasteiger charge is 2.17. The van der Waals surface area contributed by atoms with Gasteiger partial charge < -0.3 is 10.1 Å². The summed E-state index contributed by atoms with van der Waals surface area (Å²) in [6.45, 7) is 3.69. The molecule has 2 aromatic heterocycles. The maximum Gasteiger partial charge on any atom is 0.307 e. The Bertz CT molecular complexity index is 625. The molecule has 1 N–H and O–H groups in total. The first kappa shape index (κ1) is 14.5. The van der Waals surface area contributed by atoms with Crippen molar-refractivity contribution in [3.63, 3.8) is 0 Å². The number of carbonyl (C=O) groups excluding carboxylic acids is 2. The lowest BCUT2D eigenvalue weighted by Gasteiger charge is -2.11. The Balaban J connectivity index is 2.11. The number of nitrogens with one attached hydrogen (secondary N) is 1. The smallest absolute Gasteiger partial charge is 0.307 e. The van der Waals surface area contributed by atoms with Crippen LogP contribution in [-0.4, -0.2) is 34.8 Å². The first-order valence-corrected chi connectivity index (χ1v) is 7.04. The van der Waals surface area contributed by atoms with Gasteiger partial charge in [0, 0.05) is 18.5 Å². The van der Waals surface area contributed by atoms with Gasteiger partial charge in [-0.2, -0.15) is 5.10 Å². The van der Waals surface area contributed by atoms with Gasteiger partial charge in [0.2, 0.25) is 0 Å². The highest BCUT2D eigenvalue weighted by Crippen LogP contribution is 2.27. The van der Waals surface area contributed by atoms with Crippen LogP contribution in [-0.2, 0) is 16.6 Å². The zero-order valence-corrected chi connectivity index (χ0v) is 12.7. The molecule has 1 amide bonds. The number of aryl methyl sites for hydroxylation is 2. The van der Waals surface area contributed by atoms with E-state index in [1.165, 1.54) is 18.4 Å². The zero-order chi connectivity index (χ0) is 14.9. The summed E-state index contributed by atoms with van der Waals surface area (Å²) in [7, 11) is 3.19. The number of hydrogen-bond acceptors (Lipinski definition) is 5. The van der Waals surface area contributed by atoms with Crippen molar-refractivity contribution in [2.75, 3.05) is 7.11 Å². The van der Waals surface area contributed by atoms with E-state index in [0.29, 0.717) is 4.88 Å². The van der Waals surface area contributed by atoms with Crippen molar-refractivity contribution >= 4 is 33.4 Å². The molecule has 6 nitrogen and oxygen atoms in total. The van der Waals surface area contributed by atoms with E-state index in [-0.39, 0.29) is 24.3 Å². The molecule has 2 rings (SSSR count). The largest absolute Gasteiger partial charge is 0.469 e. The quantitative estimate of drug-likeness (QED) is 0.870. The SMILES string of the molecule is COC(=O)CC(C)NC(=O)c1cc2c(C)nn(C)c2s1. The molecular formula is C13H17N3O3S. The number of carbonyl (C=O) groups is 2. The molecule has 108 valence electrons. The van der Waals surface area contributed by atoms with Crippen LogP contribution in [0, 0.1) is 6.92 Å². The van der Waals surface area contributed by atoms with Gasteiger partial charge in [0.15, 0.2) is 0 Å². The molecule has 0 aliphatic carbocycles. The number of methoxy groups -OCH3 is 1. The van der Waals surface area contributed by atoms with Crippen LogP contribution in [0.1, 0.15) is 28.7 Å². The minimum atomic E-state index is -0.339. The van der Waals surface area contributed by atoms with Crippen LogP contribution in [0.5, 0.6) is 0 Å². The molecule has 0 saturated carbocycles. The summed E-state index contributed by atoms with van der Waals surface area (Å²) in [6.07, 6.45) is 0.160. The monoisotopic (exact) mass is 295 g/mol. The second-order valence-electron chi connectivity index (χ2n) is 4.69. The van der Waals surface area contributed by atoms with Crippen LogP contribution in [0.2, 0.25) is 0 Å². The Morgan fingerprint density at radius 2 is 2.25 bits per heavy atom. The normalized spacial score (nSPS) is 12.4. The fourth-order valence-electron chi connectivity index (χ4n) is 2.00. The average Bonchev–Trinajstić information content (AvgIpc) is 2.92. The van der Waals surface area contributed by atoms with E-state index >= 15 is 0 Å². The summed E-state index contributed by atoms with van der Waals surface area (Å²) >= 11 is 1.39. The third-order valence-corrected chi connectivity index (χ3v) is 4.20. The lowest BCUT2D eigenvalue weighted by molar-refractivity contribution is -0.141. The number of esters is 1. The number of ether oxygens (including phenoxy) is 1. The van der Waals surface area contributed by atoms with E-state index in [4.69, 9.17) is 0 Å². The minimum Gasteiger partial charge on any atom is -0.469 e. The van der Waals surface area contributed by atoms with Crippen LogP contribution in [0.4, 0.5) is 0 Å². The van der Waals surface area contributed by atoms with Crippen molar-refractivity contribution in [2.24, 2.45) is 7.05 Å². The highest BCUT2D eigenvalue weighted by molar-refractivity contribution is 7.20. The molecule has 0 aliphatic heterocycles. The van der Waals surface area contributed by atoms with Crippen LogP contribution in [0.15, 0.2) is 6.07 Å². The number of aromatic nitrogens is 2. The molecule has 0 bridgehead atoms. The number of nitrogens with zero attached hydrogens (tertiary/aromatic N) is 2. The zero-order valence-electron chi connectivity index (χ0n) is 11.9. The molecule has 2 heterocycles. The average molecular weight is 295 g/mol. The number of thiophene rings is 1. The second kappa shape index (κ2) is 5.62. The van der Waals surface area contributed by atoms with Gasteiger partial charge in [0.05, 0.1) is 24.1 Å². The van der Waals surface area contributed by atoms with Gasteiger partial charge in [-0.1, -0.05) is 0 Å². The van der Waals surface area contributed by atoms with E-state index in [0.717, 1.165) is 15.9 Å². The van der Waals surface area contributed by atoms with Gasteiger partial charge in [-0.25, -0.2) is 0 Å². The summed E-state index contributed by atoms with van der Waals surface area (Å²) in [5, 5.41) is 8.08. The van der Waals surface area contributed by atoms with Crippen LogP contribution in [0.25, 0.3) is 10.2 Å². The summed E-state index contributed by atoms with van der Waals surface area (Å²) in [5.41, 5.74) is 0.903.